The van der Waals surface area contributed by atoms with E-state index >= 15 is 0 Å². The normalized spacial score (nSPS) is 0. The van der Waals surface area contributed by atoms with Crippen molar-refractivity contribution in [1.29, 1.82) is 0 Å². The van der Waals surface area contributed by atoms with Gasteiger partial charge in [-0.15, -0.1) is 0 Å². The summed E-state index contributed by atoms with van der Waals surface area (Å²) in [5.74, 6) is 0. The van der Waals surface area contributed by atoms with Crippen LogP contribution in [0.2, 0.25) is 0 Å². The van der Waals surface area contributed by atoms with E-state index in [1.807, 2.05) is 0 Å². The summed E-state index contributed by atoms with van der Waals surface area (Å²) in [6.45, 7) is 0. The van der Waals surface area contributed by atoms with Gasteiger partial charge in [0.2, 0.25) is 0 Å². The molecule has 0 heterocycles. The quantitative estimate of drug-likeness (QED) is 0.536. The molecule has 0 aliphatic heterocycles. The summed E-state index contributed by atoms with van der Waals surface area (Å²) in [6, 6.07) is 0. The van der Waals surface area contributed by atoms with Crippen molar-refractivity contribution in [2.45, 2.75) is 0 Å². The smallest absolute Gasteiger partial charge is 0 e. The first-order valence-electron chi connectivity index (χ1n) is 0. The molecule has 0 unspecified atom stereocenters. The van der Waals surface area contributed by atoms with E-state index in [4.69, 9.17) is 0 Å². The number of hydrogen-bond acceptors (Lipinski definition) is 0. The molecule has 0 fully saturated rings. The molecule has 0 bridgehead atoms. The van der Waals surface area contributed by atoms with Gasteiger partial charge in [0.15, 0.2) is 0 Å². The van der Waals surface area contributed by atoms with Crippen molar-refractivity contribution in [1.82, 2.24) is 6.15 Å². The maximum Gasteiger partial charge on any atom is 0 e. The Balaban J connectivity index is 0. The van der Waals surface area contributed by atoms with Crippen LogP contribution in [0, 0.1) is 40.4 Å². The number of hydrogen-bond donors (Lipinski definition) is 0. The molecule has 0 N–H and O–H groups in total. The average Bonchev–Trinajstić information content (AvgIpc) is 0. The molecule has 0 saturated heterocycles. The summed E-state index contributed by atoms with van der Waals surface area (Å²) in [4.78, 5) is 0. The Hall–Kier alpha value is 2.32. The largest absolute Gasteiger partial charge is 0 e. The molecule has 0 atom stereocenters. The van der Waals surface area contributed by atoms with E-state index in [1.165, 1.54) is 0 Å². The van der Waals surface area contributed by atoms with Crippen molar-refractivity contribution in [2.24, 2.45) is 0 Å². The molecule has 0 amide bonds. The van der Waals surface area contributed by atoms with Gasteiger partial charge < -0.3 is 0 Å². The maximum absolute atomic E-state index is 0. The predicted octanol–water partition coefficient (Wildman–Crippen LogP) is -0.486. The van der Waals surface area contributed by atoms with E-state index in [-0.39, 0.29) is 80.4 Å². The van der Waals surface area contributed by atoms with Crippen molar-refractivity contribution in [3.63, 3.8) is 0 Å². The first-order valence-corrected chi connectivity index (χ1v) is 0. The predicted molar refractivity (Wildman–Crippen MR) is 2.13 cm³/mol. The van der Waals surface area contributed by atoms with Gasteiger partial charge in [-0.25, -0.2) is 0 Å². The summed E-state index contributed by atoms with van der Waals surface area (Å²) < 4.78 is 0. The van der Waals surface area contributed by atoms with Gasteiger partial charge in [0.05, 0.1) is 0 Å². The molecule has 4 heavy (non-hydrogen) atoms. The van der Waals surface area contributed by atoms with Crippen LogP contribution >= 0.6 is 0 Å². The Morgan fingerprint density at radius 2 is 1.00 bits per heavy atom. The summed E-state index contributed by atoms with van der Waals surface area (Å²) >= 11 is 0. The summed E-state index contributed by atoms with van der Waals surface area (Å²) in [5.41, 5.74) is 0. The van der Waals surface area contributed by atoms with Gasteiger partial charge in [0, 0.05) is 80.4 Å². The molecule has 0 aromatic rings. The topological polar surface area (TPSA) is 30.5 Å². The van der Waals surface area contributed by atoms with E-state index in [1.54, 1.807) is 0 Å². The van der Waals surface area contributed by atoms with E-state index in [0.717, 1.165) is 0 Å². The molecule has 0 aliphatic rings. The minimum Gasteiger partial charge on any atom is 0 e. The summed E-state index contributed by atoms with van der Waals surface area (Å²) in [7, 11) is 0. The van der Waals surface area contributed by atoms with Crippen molar-refractivity contribution in [3.8, 4) is 0 Å². The molecular weight excluding hydrogens is 279 g/mol. The fourth-order valence-electron chi connectivity index (χ4n) is 0. The molecule has 28 valence electrons. The van der Waals surface area contributed by atoms with Gasteiger partial charge in [0.1, 0.15) is 0 Å². The van der Waals surface area contributed by atoms with Gasteiger partial charge in [-0.2, -0.15) is 0 Å². The fraction of sp³-hybridized carbons (Fsp3) is 0. The Morgan fingerprint density at radius 3 is 1.00 bits per heavy atom. The molecule has 0 aromatic heterocycles. The average molecular weight is 279 g/mol. The maximum atomic E-state index is 0. The molecule has 0 aliphatic carbocycles. The zero-order valence-corrected chi connectivity index (χ0v) is 6.31. The molecule has 0 saturated carbocycles. The summed E-state index contributed by atoms with van der Waals surface area (Å²) in [5, 5.41) is 0. The van der Waals surface area contributed by atoms with Crippen molar-refractivity contribution in [2.75, 3.05) is 0 Å². The third-order valence-corrected chi connectivity index (χ3v) is 0. The van der Waals surface area contributed by atoms with Gasteiger partial charge in [-0.1, -0.05) is 0 Å². The Kier molecular flexibility index (Phi) is 153. The van der Waals surface area contributed by atoms with Crippen LogP contribution in [-0.2, 0) is 33.8 Å². The van der Waals surface area contributed by atoms with E-state index in [2.05, 4.69) is 0 Å². The van der Waals surface area contributed by atoms with Crippen LogP contribution in [0.3, 0.4) is 0 Å². The standard InChI is InChI=1S/Co.Fe.N.Sm. The van der Waals surface area contributed by atoms with Gasteiger partial charge >= 0.3 is 0 Å². The monoisotopic (exact) mass is 281 g/mol. The first-order chi connectivity index (χ1) is 0. The van der Waals surface area contributed by atoms with E-state index in [9.17, 15) is 0 Å². The van der Waals surface area contributed by atoms with Crippen LogP contribution in [0.1, 0.15) is 0 Å². The Morgan fingerprint density at radius 1 is 1.00 bits per heavy atom. The van der Waals surface area contributed by atoms with Gasteiger partial charge in [0.25, 0.3) is 0 Å². The second-order valence-corrected chi connectivity index (χ2v) is 0. The molecule has 4 radical (unpaired) electrons. The third kappa shape index (κ3) is 8.85. The zero-order valence-electron chi connectivity index (χ0n) is 1.54. The van der Waals surface area contributed by atoms with Crippen LogP contribution in [0.15, 0.2) is 0 Å². The van der Waals surface area contributed by atoms with Crippen LogP contribution in [0.25, 0.3) is 0 Å². The minimum absolute atomic E-state index is 0. The van der Waals surface area contributed by atoms with E-state index < -0.39 is 0 Å². The minimum atomic E-state index is 0. The first kappa shape index (κ1) is 33.2. The van der Waals surface area contributed by atoms with Crippen LogP contribution in [-0.4, -0.2) is 0 Å². The van der Waals surface area contributed by atoms with Crippen LogP contribution in [0.4, 0.5) is 0 Å². The molecule has 0 rings (SSSR count). The van der Waals surface area contributed by atoms with Crippen molar-refractivity contribution in [3.05, 3.63) is 0 Å². The van der Waals surface area contributed by atoms with Crippen molar-refractivity contribution >= 4 is 0 Å². The molecule has 1 nitrogen and oxygen atoms in total. The van der Waals surface area contributed by atoms with Gasteiger partial charge in [-0.05, 0) is 0 Å². The Bertz CT molecular complexity index is 8.00. The SMILES string of the molecule is [Co].[Fe].[N].[Sm]. The second kappa shape index (κ2) is 18.4. The molecule has 0 spiro atoms. The van der Waals surface area contributed by atoms with Crippen LogP contribution in [0.5, 0.6) is 0 Å². The van der Waals surface area contributed by atoms with E-state index in [0.29, 0.717) is 0 Å². The van der Waals surface area contributed by atoms with Crippen LogP contribution < -0.4 is 6.15 Å². The van der Waals surface area contributed by atoms with Gasteiger partial charge in [-0.3, -0.25) is 0 Å². The Labute approximate surface area is 79.0 Å². The third-order valence-electron chi connectivity index (χ3n) is 0. The molecule has 4 heteroatoms. The number of nitrogens with zero attached hydrogens (tertiary/aromatic N) is 1. The zero-order chi connectivity index (χ0) is 0. The summed E-state index contributed by atoms with van der Waals surface area (Å²) in [6.07, 6.45) is 0. The second-order valence-electron chi connectivity index (χ2n) is 0. The fourth-order valence-corrected chi connectivity index (χ4v) is 0. The van der Waals surface area contributed by atoms with Crippen molar-refractivity contribution < 1.29 is 74.2 Å². The molecular formula is CoFeNSm. The molecule has 0 aromatic carbocycles. The number of rotatable bonds is 0.